The first-order valence-electron chi connectivity index (χ1n) is 8.64. The lowest BCUT2D eigenvalue weighted by molar-refractivity contribution is 0.0980. The number of fused-ring (bicyclic) bond motifs is 2. The van der Waals surface area contributed by atoms with Crippen LogP contribution in [0.15, 0.2) is 40.9 Å². The minimum atomic E-state index is 0.152. The van der Waals surface area contributed by atoms with Crippen LogP contribution >= 0.6 is 0 Å². The molecule has 132 valence electrons. The van der Waals surface area contributed by atoms with Crippen molar-refractivity contribution >= 4 is 40.0 Å². The molecule has 0 unspecified atom stereocenters. The number of ketones is 1. The third-order valence-corrected chi connectivity index (χ3v) is 4.34. The maximum absolute atomic E-state index is 12.2. The zero-order chi connectivity index (χ0) is 18.1. The second kappa shape index (κ2) is 6.59. The standard InChI is InChI=1S/C19H19N5O2/c1-3-4-6-15(25)12-8-9-14-13(11-12)21-18(24(14)2)23-19-22-17-16(26-19)7-5-10-20-17/h5,7-11H,3-4,6H2,1-2H3,(H,20,21,22,23). The van der Waals surface area contributed by atoms with E-state index >= 15 is 0 Å². The first-order chi connectivity index (χ1) is 12.7. The highest BCUT2D eigenvalue weighted by molar-refractivity contribution is 5.99. The van der Waals surface area contributed by atoms with Crippen LogP contribution in [-0.4, -0.2) is 25.3 Å². The van der Waals surface area contributed by atoms with Crippen LogP contribution in [0.1, 0.15) is 36.5 Å². The van der Waals surface area contributed by atoms with E-state index in [1.165, 1.54) is 0 Å². The van der Waals surface area contributed by atoms with Crippen molar-refractivity contribution in [1.82, 2.24) is 19.5 Å². The Hall–Kier alpha value is -3.22. The van der Waals surface area contributed by atoms with Crippen LogP contribution in [-0.2, 0) is 7.05 Å². The van der Waals surface area contributed by atoms with Crippen molar-refractivity contribution in [3.63, 3.8) is 0 Å². The maximum atomic E-state index is 12.2. The summed E-state index contributed by atoms with van der Waals surface area (Å²) in [7, 11) is 1.90. The van der Waals surface area contributed by atoms with E-state index in [2.05, 4.69) is 27.2 Å². The Bertz CT molecular complexity index is 1060. The highest BCUT2D eigenvalue weighted by Gasteiger charge is 2.14. The number of hydrogen-bond acceptors (Lipinski definition) is 6. The number of benzene rings is 1. The van der Waals surface area contributed by atoms with Crippen molar-refractivity contribution in [3.8, 4) is 0 Å². The van der Waals surface area contributed by atoms with Crippen molar-refractivity contribution in [2.24, 2.45) is 7.05 Å². The molecule has 26 heavy (non-hydrogen) atoms. The minimum Gasteiger partial charge on any atom is -0.421 e. The fourth-order valence-electron chi connectivity index (χ4n) is 2.88. The number of unbranched alkanes of at least 4 members (excludes halogenated alkanes) is 1. The molecule has 0 atom stereocenters. The van der Waals surface area contributed by atoms with Gasteiger partial charge in [-0.2, -0.15) is 4.98 Å². The van der Waals surface area contributed by atoms with E-state index in [0.717, 1.165) is 23.9 Å². The molecule has 0 spiro atoms. The molecule has 0 saturated heterocycles. The van der Waals surface area contributed by atoms with E-state index in [1.54, 1.807) is 12.3 Å². The summed E-state index contributed by atoms with van der Waals surface area (Å²) in [5, 5.41) is 3.08. The van der Waals surface area contributed by atoms with Gasteiger partial charge < -0.3 is 8.98 Å². The summed E-state index contributed by atoms with van der Waals surface area (Å²) in [6.45, 7) is 2.08. The zero-order valence-corrected chi connectivity index (χ0v) is 14.7. The first kappa shape index (κ1) is 16.3. The summed E-state index contributed by atoms with van der Waals surface area (Å²) in [4.78, 5) is 25.3. The van der Waals surface area contributed by atoms with Crippen LogP contribution in [0.5, 0.6) is 0 Å². The average molecular weight is 349 g/mol. The summed E-state index contributed by atoms with van der Waals surface area (Å²) in [6, 6.07) is 9.55. The Labute approximate surface area is 150 Å². The molecule has 4 aromatic rings. The predicted octanol–water partition coefficient (Wildman–Crippen LogP) is 4.23. The number of nitrogens with zero attached hydrogens (tertiary/aromatic N) is 4. The molecular formula is C19H19N5O2. The molecule has 0 amide bonds. The van der Waals surface area contributed by atoms with Gasteiger partial charge in [-0.1, -0.05) is 13.3 Å². The lowest BCUT2D eigenvalue weighted by atomic mass is 10.1. The number of hydrogen-bond donors (Lipinski definition) is 1. The summed E-state index contributed by atoms with van der Waals surface area (Å²) in [5.74, 6) is 0.739. The molecule has 4 rings (SSSR count). The summed E-state index contributed by atoms with van der Waals surface area (Å²) >= 11 is 0. The van der Waals surface area contributed by atoms with Crippen molar-refractivity contribution in [2.45, 2.75) is 26.2 Å². The fourth-order valence-corrected chi connectivity index (χ4v) is 2.88. The Morgan fingerprint density at radius 3 is 2.96 bits per heavy atom. The Balaban J connectivity index is 1.65. The number of Topliss-reactive ketones (excluding diaryl/α,β-unsaturated/α-hetero) is 1. The number of pyridine rings is 1. The van der Waals surface area contributed by atoms with Gasteiger partial charge in [0.25, 0.3) is 0 Å². The quantitative estimate of drug-likeness (QED) is 0.524. The molecule has 7 nitrogen and oxygen atoms in total. The third kappa shape index (κ3) is 2.92. The van der Waals surface area contributed by atoms with E-state index < -0.39 is 0 Å². The van der Waals surface area contributed by atoms with E-state index in [1.807, 2.05) is 35.9 Å². The topological polar surface area (TPSA) is 85.8 Å². The first-order valence-corrected chi connectivity index (χ1v) is 8.64. The van der Waals surface area contributed by atoms with Crippen LogP contribution in [0.3, 0.4) is 0 Å². The Morgan fingerprint density at radius 1 is 1.27 bits per heavy atom. The SMILES string of the molecule is CCCCC(=O)c1ccc2c(c1)nc(Nc1nc3ncccc3o1)n2C. The summed E-state index contributed by atoms with van der Waals surface area (Å²) in [5.41, 5.74) is 3.53. The second-order valence-corrected chi connectivity index (χ2v) is 6.19. The van der Waals surface area contributed by atoms with E-state index in [9.17, 15) is 4.79 Å². The van der Waals surface area contributed by atoms with Gasteiger partial charge in [0.05, 0.1) is 11.0 Å². The normalized spacial score (nSPS) is 11.3. The van der Waals surface area contributed by atoms with Gasteiger partial charge >= 0.3 is 6.01 Å². The zero-order valence-electron chi connectivity index (χ0n) is 14.7. The third-order valence-electron chi connectivity index (χ3n) is 4.34. The van der Waals surface area contributed by atoms with E-state index in [4.69, 9.17) is 4.42 Å². The van der Waals surface area contributed by atoms with Gasteiger partial charge in [-0.25, -0.2) is 9.97 Å². The van der Waals surface area contributed by atoms with Crippen molar-refractivity contribution in [3.05, 3.63) is 42.1 Å². The summed E-state index contributed by atoms with van der Waals surface area (Å²) < 4.78 is 7.54. The lowest BCUT2D eigenvalue weighted by Crippen LogP contribution is -1.99. The molecule has 1 aromatic carbocycles. The number of imidazole rings is 1. The molecule has 0 aliphatic rings. The number of aryl methyl sites for hydroxylation is 1. The number of nitrogens with one attached hydrogen (secondary N) is 1. The molecule has 0 radical (unpaired) electrons. The van der Waals surface area contributed by atoms with Crippen LogP contribution < -0.4 is 5.32 Å². The van der Waals surface area contributed by atoms with Gasteiger partial charge in [-0.15, -0.1) is 0 Å². The summed E-state index contributed by atoms with van der Waals surface area (Å²) in [6.07, 6.45) is 4.14. The number of carbonyl (C=O) groups excluding carboxylic acids is 1. The van der Waals surface area contributed by atoms with E-state index in [-0.39, 0.29) is 5.78 Å². The molecular weight excluding hydrogens is 330 g/mol. The predicted molar refractivity (Wildman–Crippen MR) is 99.7 cm³/mol. The fraction of sp³-hybridized carbons (Fsp3) is 0.263. The highest BCUT2D eigenvalue weighted by Crippen LogP contribution is 2.24. The van der Waals surface area contributed by atoms with Gasteiger partial charge in [-0.05, 0) is 36.8 Å². The largest absolute Gasteiger partial charge is 0.421 e. The molecule has 0 bridgehead atoms. The van der Waals surface area contributed by atoms with E-state index in [0.29, 0.717) is 35.2 Å². The Morgan fingerprint density at radius 2 is 2.15 bits per heavy atom. The van der Waals surface area contributed by atoms with Gasteiger partial charge in [0.2, 0.25) is 11.6 Å². The van der Waals surface area contributed by atoms with Gasteiger partial charge in [0.1, 0.15) is 0 Å². The van der Waals surface area contributed by atoms with Crippen LogP contribution in [0.25, 0.3) is 22.3 Å². The van der Waals surface area contributed by atoms with Crippen LogP contribution in [0.4, 0.5) is 12.0 Å². The van der Waals surface area contributed by atoms with Gasteiger partial charge in [-0.3, -0.25) is 10.1 Å². The Kier molecular flexibility index (Phi) is 4.12. The molecule has 3 aromatic heterocycles. The molecule has 3 heterocycles. The molecule has 0 fully saturated rings. The average Bonchev–Trinajstić information content (AvgIpc) is 3.20. The monoisotopic (exact) mass is 349 g/mol. The molecule has 1 N–H and O–H groups in total. The molecule has 0 aliphatic carbocycles. The number of rotatable bonds is 6. The maximum Gasteiger partial charge on any atom is 0.304 e. The number of oxazole rings is 1. The van der Waals surface area contributed by atoms with Gasteiger partial charge in [0.15, 0.2) is 11.4 Å². The van der Waals surface area contributed by atoms with Crippen molar-refractivity contribution in [1.29, 1.82) is 0 Å². The number of aromatic nitrogens is 4. The second-order valence-electron chi connectivity index (χ2n) is 6.19. The van der Waals surface area contributed by atoms with Crippen LogP contribution in [0, 0.1) is 0 Å². The smallest absolute Gasteiger partial charge is 0.304 e. The lowest BCUT2D eigenvalue weighted by Gasteiger charge is -2.02. The highest BCUT2D eigenvalue weighted by atomic mass is 16.4. The van der Waals surface area contributed by atoms with Crippen molar-refractivity contribution in [2.75, 3.05) is 5.32 Å². The molecule has 7 heteroatoms. The molecule has 0 saturated carbocycles. The number of anilines is 2. The minimum absolute atomic E-state index is 0.152. The molecule has 0 aliphatic heterocycles. The van der Waals surface area contributed by atoms with Gasteiger partial charge in [0, 0.05) is 25.2 Å². The van der Waals surface area contributed by atoms with Crippen LogP contribution in [0.2, 0.25) is 0 Å². The number of carbonyl (C=O) groups is 1. The van der Waals surface area contributed by atoms with Crippen molar-refractivity contribution < 1.29 is 9.21 Å².